The zero-order valence-electron chi connectivity index (χ0n) is 10.8. The Balaban J connectivity index is 3.03. The molecule has 0 aromatic heterocycles. The Bertz CT molecular complexity index is 283. The van der Waals surface area contributed by atoms with Crippen LogP contribution < -0.4 is 0 Å². The SMILES string of the molecule is C#CCOCCOCCOCCOCCP(=O)(O)O. The molecule has 19 heavy (non-hydrogen) atoms. The smallest absolute Gasteiger partial charge is 0.327 e. The molecular formula is C11H21O7P. The summed E-state index contributed by atoms with van der Waals surface area (Å²) < 4.78 is 30.8. The molecule has 0 amide bonds. The molecule has 0 aromatic rings. The first kappa shape index (κ1) is 18.6. The maximum atomic E-state index is 10.5. The Hall–Kier alpha value is -0.450. The molecule has 0 saturated heterocycles. The number of rotatable bonds is 13. The van der Waals surface area contributed by atoms with Crippen molar-refractivity contribution in [1.29, 1.82) is 0 Å². The molecule has 7 nitrogen and oxygen atoms in total. The fourth-order valence-corrected chi connectivity index (χ4v) is 1.34. The normalized spacial score (nSPS) is 11.4. The van der Waals surface area contributed by atoms with Crippen molar-refractivity contribution in [3.05, 3.63) is 0 Å². The van der Waals surface area contributed by atoms with Crippen LogP contribution in [0.25, 0.3) is 0 Å². The number of hydrogen-bond acceptors (Lipinski definition) is 5. The molecule has 8 heteroatoms. The Morgan fingerprint density at radius 1 is 0.842 bits per heavy atom. The summed E-state index contributed by atoms with van der Waals surface area (Å²) in [5, 5.41) is 0. The van der Waals surface area contributed by atoms with E-state index in [4.69, 9.17) is 35.2 Å². The van der Waals surface area contributed by atoms with E-state index in [1.165, 1.54) is 0 Å². The molecule has 0 fully saturated rings. The summed E-state index contributed by atoms with van der Waals surface area (Å²) in [6.07, 6.45) is 4.72. The van der Waals surface area contributed by atoms with Gasteiger partial charge in [0, 0.05) is 0 Å². The minimum atomic E-state index is -3.96. The molecular weight excluding hydrogens is 275 g/mol. The van der Waals surface area contributed by atoms with E-state index in [0.29, 0.717) is 39.6 Å². The maximum absolute atomic E-state index is 10.5. The van der Waals surface area contributed by atoms with E-state index >= 15 is 0 Å². The third-order valence-electron chi connectivity index (χ3n) is 1.83. The van der Waals surface area contributed by atoms with Gasteiger partial charge in [0.2, 0.25) is 0 Å². The molecule has 0 atom stereocenters. The Kier molecular flexibility index (Phi) is 12.3. The van der Waals surface area contributed by atoms with E-state index < -0.39 is 7.60 Å². The molecule has 0 radical (unpaired) electrons. The van der Waals surface area contributed by atoms with Crippen LogP contribution in [-0.4, -0.2) is 68.8 Å². The van der Waals surface area contributed by atoms with Crippen molar-refractivity contribution in [2.75, 3.05) is 59.0 Å². The highest BCUT2D eigenvalue weighted by molar-refractivity contribution is 7.51. The lowest BCUT2D eigenvalue weighted by Gasteiger charge is -2.07. The fourth-order valence-electron chi connectivity index (χ4n) is 0.974. The number of hydrogen-bond donors (Lipinski definition) is 2. The van der Waals surface area contributed by atoms with Crippen LogP contribution in [-0.2, 0) is 23.5 Å². The van der Waals surface area contributed by atoms with Gasteiger partial charge in [-0.25, -0.2) is 0 Å². The molecule has 0 rings (SSSR count). The van der Waals surface area contributed by atoms with Crippen LogP contribution in [0, 0.1) is 12.3 Å². The minimum absolute atomic E-state index is 0.0245. The summed E-state index contributed by atoms with van der Waals surface area (Å²) in [7, 11) is -3.96. The third-order valence-corrected chi connectivity index (χ3v) is 2.59. The monoisotopic (exact) mass is 296 g/mol. The predicted molar refractivity (Wildman–Crippen MR) is 69.0 cm³/mol. The Labute approximate surface area is 113 Å². The molecule has 0 aromatic carbocycles. The van der Waals surface area contributed by atoms with E-state index in [2.05, 4.69) is 5.92 Å². The topological polar surface area (TPSA) is 94.5 Å². The standard InChI is InChI=1S/C11H21O7P/c1-2-3-15-4-5-16-6-7-17-8-9-18-10-11-19(12,13)14/h1H,3-11H2,(H2,12,13,14). The highest BCUT2D eigenvalue weighted by Crippen LogP contribution is 2.33. The van der Waals surface area contributed by atoms with Crippen molar-refractivity contribution in [1.82, 2.24) is 0 Å². The Morgan fingerprint density at radius 2 is 1.26 bits per heavy atom. The molecule has 0 bridgehead atoms. The van der Waals surface area contributed by atoms with Crippen molar-refractivity contribution < 1.29 is 33.3 Å². The average Bonchev–Trinajstić information content (AvgIpc) is 2.34. The molecule has 0 aliphatic rings. The van der Waals surface area contributed by atoms with Gasteiger partial charge in [-0.2, -0.15) is 0 Å². The zero-order chi connectivity index (χ0) is 14.4. The van der Waals surface area contributed by atoms with Gasteiger partial charge in [0.05, 0.1) is 52.4 Å². The van der Waals surface area contributed by atoms with Gasteiger partial charge in [0.15, 0.2) is 0 Å². The lowest BCUT2D eigenvalue weighted by atomic mass is 10.7. The van der Waals surface area contributed by atoms with Gasteiger partial charge in [0.1, 0.15) is 6.61 Å². The van der Waals surface area contributed by atoms with Crippen LogP contribution in [0.15, 0.2) is 0 Å². The molecule has 0 unspecified atom stereocenters. The van der Waals surface area contributed by atoms with Crippen LogP contribution >= 0.6 is 7.60 Å². The van der Waals surface area contributed by atoms with Crippen LogP contribution in [0.3, 0.4) is 0 Å². The lowest BCUT2D eigenvalue weighted by Crippen LogP contribution is -2.12. The molecule has 112 valence electrons. The summed E-state index contributed by atoms with van der Waals surface area (Å²) in [4.78, 5) is 17.1. The van der Waals surface area contributed by atoms with Crippen LogP contribution in [0.2, 0.25) is 0 Å². The van der Waals surface area contributed by atoms with Gasteiger partial charge >= 0.3 is 7.60 Å². The van der Waals surface area contributed by atoms with E-state index in [1.54, 1.807) is 0 Å². The van der Waals surface area contributed by atoms with Crippen molar-refractivity contribution >= 4 is 7.60 Å². The first-order valence-electron chi connectivity index (χ1n) is 5.85. The van der Waals surface area contributed by atoms with Gasteiger partial charge < -0.3 is 28.7 Å². The second-order valence-electron chi connectivity index (χ2n) is 3.48. The van der Waals surface area contributed by atoms with Crippen LogP contribution in [0.1, 0.15) is 0 Å². The second kappa shape index (κ2) is 12.6. The summed E-state index contributed by atoms with van der Waals surface area (Å²) in [5.41, 5.74) is 0. The van der Waals surface area contributed by atoms with E-state index in [1.807, 2.05) is 0 Å². The first-order chi connectivity index (χ1) is 9.06. The molecule has 0 spiro atoms. The van der Waals surface area contributed by atoms with Gasteiger partial charge in [-0.1, -0.05) is 5.92 Å². The Morgan fingerprint density at radius 3 is 1.68 bits per heavy atom. The van der Waals surface area contributed by atoms with Gasteiger partial charge in [-0.05, 0) is 0 Å². The average molecular weight is 296 g/mol. The molecule has 0 heterocycles. The summed E-state index contributed by atoms with van der Waals surface area (Å²) in [6.45, 7) is 2.75. The predicted octanol–water partition coefficient (Wildman–Crippen LogP) is -0.136. The summed E-state index contributed by atoms with van der Waals surface area (Å²) in [5.74, 6) is 2.35. The van der Waals surface area contributed by atoms with Crippen molar-refractivity contribution in [3.8, 4) is 12.3 Å². The second-order valence-corrected chi connectivity index (χ2v) is 5.26. The minimum Gasteiger partial charge on any atom is -0.378 e. The summed E-state index contributed by atoms with van der Waals surface area (Å²) in [6, 6.07) is 0. The van der Waals surface area contributed by atoms with Crippen molar-refractivity contribution in [2.45, 2.75) is 0 Å². The fraction of sp³-hybridized carbons (Fsp3) is 0.818. The van der Waals surface area contributed by atoms with Crippen LogP contribution in [0.5, 0.6) is 0 Å². The highest BCUT2D eigenvalue weighted by atomic mass is 31.2. The quantitative estimate of drug-likeness (QED) is 0.277. The van der Waals surface area contributed by atoms with Gasteiger partial charge in [-0.15, -0.1) is 6.42 Å². The molecule has 0 saturated carbocycles. The van der Waals surface area contributed by atoms with Gasteiger partial charge in [0.25, 0.3) is 0 Å². The van der Waals surface area contributed by atoms with Crippen molar-refractivity contribution in [3.63, 3.8) is 0 Å². The van der Waals surface area contributed by atoms with Crippen LogP contribution in [0.4, 0.5) is 0 Å². The van der Waals surface area contributed by atoms with E-state index in [-0.39, 0.29) is 19.4 Å². The van der Waals surface area contributed by atoms with Crippen molar-refractivity contribution in [2.24, 2.45) is 0 Å². The molecule has 0 aliphatic heterocycles. The third kappa shape index (κ3) is 17.6. The molecule has 0 aliphatic carbocycles. The van der Waals surface area contributed by atoms with E-state index in [0.717, 1.165) is 0 Å². The zero-order valence-corrected chi connectivity index (χ0v) is 11.7. The first-order valence-corrected chi connectivity index (χ1v) is 7.65. The molecule has 2 N–H and O–H groups in total. The van der Waals surface area contributed by atoms with E-state index in [9.17, 15) is 4.57 Å². The highest BCUT2D eigenvalue weighted by Gasteiger charge is 2.11. The number of terminal acetylenes is 1. The maximum Gasteiger partial charge on any atom is 0.327 e. The largest absolute Gasteiger partial charge is 0.378 e. The summed E-state index contributed by atoms with van der Waals surface area (Å²) >= 11 is 0. The van der Waals surface area contributed by atoms with Gasteiger partial charge in [-0.3, -0.25) is 4.57 Å². The number of ether oxygens (including phenoxy) is 4. The lowest BCUT2D eigenvalue weighted by molar-refractivity contribution is 0.00278.